The topological polar surface area (TPSA) is 118 Å². The zero-order chi connectivity index (χ0) is 22.1. The summed E-state index contributed by atoms with van der Waals surface area (Å²) < 4.78 is 17.9. The predicted octanol–water partition coefficient (Wildman–Crippen LogP) is 2.30. The Kier molecular flexibility index (Phi) is 5.26. The van der Waals surface area contributed by atoms with E-state index in [-0.39, 0.29) is 11.2 Å². The smallest absolute Gasteiger partial charge is 0.276 e. The Balaban J connectivity index is 1.85. The third kappa shape index (κ3) is 3.55. The summed E-state index contributed by atoms with van der Waals surface area (Å²) in [5.41, 5.74) is 0.912. The molecule has 0 aliphatic heterocycles. The molecule has 11 heteroatoms. The number of benzene rings is 2. The second kappa shape index (κ2) is 8.03. The lowest BCUT2D eigenvalue weighted by molar-refractivity contribution is -0.384. The minimum absolute atomic E-state index is 0.0191. The molecule has 0 fully saturated rings. The van der Waals surface area contributed by atoms with E-state index in [0.717, 1.165) is 0 Å². The maximum Gasteiger partial charge on any atom is 0.276 e. The fourth-order valence-electron chi connectivity index (χ4n) is 3.10. The maximum absolute atomic E-state index is 13.1. The van der Waals surface area contributed by atoms with Crippen molar-refractivity contribution >= 4 is 28.1 Å². The molecule has 2 aromatic heterocycles. The molecular weight excluding hydrogens is 424 g/mol. The van der Waals surface area contributed by atoms with Crippen molar-refractivity contribution in [1.29, 1.82) is 0 Å². The summed E-state index contributed by atoms with van der Waals surface area (Å²) in [6.07, 6.45) is 1.66. The van der Waals surface area contributed by atoms with Gasteiger partial charge >= 0.3 is 0 Å². The van der Waals surface area contributed by atoms with Gasteiger partial charge in [0.05, 0.1) is 30.8 Å². The van der Waals surface area contributed by atoms with Crippen LogP contribution < -0.4 is 24.3 Å². The summed E-state index contributed by atoms with van der Waals surface area (Å²) in [6.45, 7) is 0. The average molecular weight is 440 g/mol. The third-order valence-corrected chi connectivity index (χ3v) is 5.53. The maximum atomic E-state index is 13.1. The second-order valence-electron chi connectivity index (χ2n) is 6.32. The molecule has 0 aliphatic carbocycles. The van der Waals surface area contributed by atoms with E-state index in [4.69, 9.17) is 14.2 Å². The Labute approximate surface area is 179 Å². The van der Waals surface area contributed by atoms with E-state index in [1.807, 2.05) is 0 Å². The molecule has 4 aromatic rings. The van der Waals surface area contributed by atoms with Crippen molar-refractivity contribution in [2.24, 2.45) is 0 Å². The van der Waals surface area contributed by atoms with E-state index in [0.29, 0.717) is 43.7 Å². The first-order valence-corrected chi connectivity index (χ1v) is 9.73. The van der Waals surface area contributed by atoms with E-state index < -0.39 is 4.92 Å². The Morgan fingerprint density at radius 2 is 1.68 bits per heavy atom. The highest BCUT2D eigenvalue weighted by Crippen LogP contribution is 2.40. The molecule has 0 saturated heterocycles. The lowest BCUT2D eigenvalue weighted by atomic mass is 10.1. The van der Waals surface area contributed by atoms with Crippen molar-refractivity contribution in [1.82, 2.24) is 14.6 Å². The number of rotatable bonds is 6. The van der Waals surface area contributed by atoms with Gasteiger partial charge in [0.15, 0.2) is 17.3 Å². The Morgan fingerprint density at radius 1 is 1.03 bits per heavy atom. The molecule has 2 aromatic carbocycles. The molecule has 0 saturated carbocycles. The van der Waals surface area contributed by atoms with Crippen molar-refractivity contribution in [3.05, 3.63) is 67.0 Å². The number of ether oxygens (including phenoxy) is 3. The van der Waals surface area contributed by atoms with Crippen LogP contribution in [0.2, 0.25) is 0 Å². The minimum Gasteiger partial charge on any atom is -0.493 e. The van der Waals surface area contributed by atoms with Gasteiger partial charge in [0.25, 0.3) is 11.2 Å². The van der Waals surface area contributed by atoms with Crippen molar-refractivity contribution in [3.8, 4) is 28.6 Å². The summed E-state index contributed by atoms with van der Waals surface area (Å²) in [6, 6.07) is 9.32. The standard InChI is InChI=1S/C20H16N4O6S/c1-28-14-9-12(10-15(29-2)17(14)30-3)18-21-22-20-23(18)19(25)16(31-20)8-11-4-6-13(7-5-11)24(26)27/h4-10H,1-3H3/b16-8-. The highest BCUT2D eigenvalue weighted by Gasteiger charge is 2.19. The Bertz CT molecular complexity index is 1370. The first kappa shape index (κ1) is 20.3. The molecule has 158 valence electrons. The zero-order valence-corrected chi connectivity index (χ0v) is 17.5. The van der Waals surface area contributed by atoms with Crippen LogP contribution in [0.15, 0.2) is 41.2 Å². The number of non-ortho nitro benzene ring substituents is 1. The molecule has 0 atom stereocenters. The van der Waals surface area contributed by atoms with E-state index in [1.165, 1.54) is 49.2 Å². The number of nitro benzene ring substituents is 1. The van der Waals surface area contributed by atoms with Gasteiger partial charge in [-0.1, -0.05) is 11.3 Å². The lowest BCUT2D eigenvalue weighted by Crippen LogP contribution is -2.23. The number of nitro groups is 1. The van der Waals surface area contributed by atoms with Crippen LogP contribution in [0.4, 0.5) is 5.69 Å². The molecule has 2 heterocycles. The van der Waals surface area contributed by atoms with Crippen LogP contribution in [0.25, 0.3) is 22.4 Å². The number of aromatic nitrogens is 3. The zero-order valence-electron chi connectivity index (χ0n) is 16.7. The third-order valence-electron chi connectivity index (χ3n) is 4.57. The summed E-state index contributed by atoms with van der Waals surface area (Å²) in [4.78, 5) is 23.8. The monoisotopic (exact) mass is 440 g/mol. The number of hydrogen-bond acceptors (Lipinski definition) is 9. The molecular formula is C20H16N4O6S. The molecule has 0 unspecified atom stereocenters. The average Bonchev–Trinajstić information content (AvgIpc) is 3.33. The number of fused-ring (bicyclic) bond motifs is 1. The summed E-state index contributed by atoms with van der Waals surface area (Å²) in [5.74, 6) is 1.61. The fourth-order valence-corrected chi connectivity index (χ4v) is 4.02. The van der Waals surface area contributed by atoms with E-state index in [9.17, 15) is 14.9 Å². The van der Waals surface area contributed by atoms with Gasteiger partial charge in [-0.05, 0) is 35.9 Å². The van der Waals surface area contributed by atoms with E-state index in [2.05, 4.69) is 10.2 Å². The Morgan fingerprint density at radius 3 is 2.23 bits per heavy atom. The molecule has 0 amide bonds. The van der Waals surface area contributed by atoms with Crippen molar-refractivity contribution < 1.29 is 19.1 Å². The molecule has 0 N–H and O–H groups in total. The molecule has 4 rings (SSSR count). The van der Waals surface area contributed by atoms with Crippen molar-refractivity contribution in [2.45, 2.75) is 0 Å². The summed E-state index contributed by atoms with van der Waals surface area (Å²) in [5, 5.41) is 19.1. The van der Waals surface area contributed by atoms with Gasteiger partial charge in [0.1, 0.15) is 0 Å². The normalized spacial score (nSPS) is 11.6. The quantitative estimate of drug-likeness (QED) is 0.331. The van der Waals surface area contributed by atoms with E-state index >= 15 is 0 Å². The molecule has 10 nitrogen and oxygen atoms in total. The summed E-state index contributed by atoms with van der Waals surface area (Å²) >= 11 is 1.17. The van der Waals surface area contributed by atoms with Crippen LogP contribution in [0.5, 0.6) is 17.2 Å². The van der Waals surface area contributed by atoms with Crippen LogP contribution in [-0.4, -0.2) is 40.9 Å². The first-order valence-electron chi connectivity index (χ1n) is 8.91. The molecule has 31 heavy (non-hydrogen) atoms. The number of thiazole rings is 1. The number of hydrogen-bond donors (Lipinski definition) is 0. The highest BCUT2D eigenvalue weighted by molar-refractivity contribution is 7.15. The van der Waals surface area contributed by atoms with Crippen LogP contribution in [0.1, 0.15) is 5.56 Å². The van der Waals surface area contributed by atoms with E-state index in [1.54, 1.807) is 30.3 Å². The van der Waals surface area contributed by atoms with Crippen LogP contribution in [-0.2, 0) is 0 Å². The van der Waals surface area contributed by atoms with Gasteiger partial charge in [-0.25, -0.2) is 4.40 Å². The number of nitrogens with zero attached hydrogens (tertiary/aromatic N) is 4. The first-order chi connectivity index (χ1) is 15.0. The molecule has 0 aliphatic rings. The SMILES string of the molecule is COc1cc(-c2nnc3s/c(=C\c4ccc([N+](=O)[O-])cc4)c(=O)n23)cc(OC)c1OC. The van der Waals surface area contributed by atoms with Gasteiger partial charge in [-0.3, -0.25) is 14.9 Å². The molecule has 0 radical (unpaired) electrons. The summed E-state index contributed by atoms with van der Waals surface area (Å²) in [7, 11) is 4.51. The van der Waals surface area contributed by atoms with Gasteiger partial charge in [-0.15, -0.1) is 10.2 Å². The minimum atomic E-state index is -0.475. The van der Waals surface area contributed by atoms with Gasteiger partial charge in [0.2, 0.25) is 10.7 Å². The second-order valence-corrected chi connectivity index (χ2v) is 7.33. The Hall–Kier alpha value is -3.99. The largest absolute Gasteiger partial charge is 0.493 e. The highest BCUT2D eigenvalue weighted by atomic mass is 32.1. The van der Waals surface area contributed by atoms with Crippen LogP contribution >= 0.6 is 11.3 Å². The predicted molar refractivity (Wildman–Crippen MR) is 114 cm³/mol. The van der Waals surface area contributed by atoms with Crippen molar-refractivity contribution in [2.75, 3.05) is 21.3 Å². The fraction of sp³-hybridized carbons (Fsp3) is 0.150. The van der Waals surface area contributed by atoms with Gasteiger partial charge in [0, 0.05) is 17.7 Å². The van der Waals surface area contributed by atoms with Crippen molar-refractivity contribution in [3.63, 3.8) is 0 Å². The van der Waals surface area contributed by atoms with Gasteiger partial charge < -0.3 is 14.2 Å². The lowest BCUT2D eigenvalue weighted by Gasteiger charge is -2.13. The van der Waals surface area contributed by atoms with Crippen LogP contribution in [0.3, 0.4) is 0 Å². The van der Waals surface area contributed by atoms with Gasteiger partial charge in [-0.2, -0.15) is 0 Å². The molecule has 0 bridgehead atoms. The number of methoxy groups -OCH3 is 3. The van der Waals surface area contributed by atoms with Crippen LogP contribution in [0, 0.1) is 10.1 Å². The molecule has 0 spiro atoms.